The summed E-state index contributed by atoms with van der Waals surface area (Å²) in [6.45, 7) is 10.6. The number of halogens is 1. The van der Waals surface area contributed by atoms with E-state index in [-0.39, 0.29) is 24.0 Å². The van der Waals surface area contributed by atoms with Crippen molar-refractivity contribution in [1.82, 2.24) is 19.8 Å². The minimum Gasteiger partial charge on any atom is -0.492 e. The van der Waals surface area contributed by atoms with Crippen molar-refractivity contribution in [1.29, 1.82) is 0 Å². The van der Waals surface area contributed by atoms with Gasteiger partial charge in [-0.25, -0.2) is 9.98 Å². The third-order valence-corrected chi connectivity index (χ3v) is 5.10. The monoisotopic (exact) mass is 497 g/mol. The Morgan fingerprint density at radius 2 is 2.11 bits per heavy atom. The molecule has 1 fully saturated rings. The van der Waals surface area contributed by atoms with E-state index in [1.54, 1.807) is 0 Å². The Bertz CT molecular complexity index is 717. The van der Waals surface area contributed by atoms with Crippen molar-refractivity contribution in [3.05, 3.63) is 48.5 Å². The van der Waals surface area contributed by atoms with Gasteiger partial charge in [0.2, 0.25) is 0 Å². The number of guanidine groups is 1. The number of aliphatic imine (C=N–C) groups is 1. The Morgan fingerprint density at radius 3 is 2.79 bits per heavy atom. The van der Waals surface area contributed by atoms with E-state index in [0.29, 0.717) is 25.1 Å². The normalized spacial score (nSPS) is 19.8. The number of aromatic nitrogens is 2. The standard InChI is InChI=1S/C21H31N5O.HI/c1-4-23-21(24-11-14-27-19-7-5-17(2)6-8-19)25-12-9-18(3)20(15-25)26-13-10-22-16-26;/h5-8,10,13,16,18,20H,4,9,11-12,14-15H2,1-3H3,(H,23,24);1H. The maximum Gasteiger partial charge on any atom is 0.194 e. The maximum absolute atomic E-state index is 5.81. The van der Waals surface area contributed by atoms with Crippen molar-refractivity contribution in [3.8, 4) is 5.75 Å². The summed E-state index contributed by atoms with van der Waals surface area (Å²) >= 11 is 0. The molecular formula is C21H32IN5O. The van der Waals surface area contributed by atoms with Crippen molar-refractivity contribution in [2.45, 2.75) is 33.2 Å². The third kappa shape index (κ3) is 6.12. The Kier molecular flexibility index (Phi) is 9.08. The van der Waals surface area contributed by atoms with E-state index in [9.17, 15) is 0 Å². The van der Waals surface area contributed by atoms with Gasteiger partial charge in [-0.2, -0.15) is 0 Å². The topological polar surface area (TPSA) is 54.7 Å². The van der Waals surface area contributed by atoms with Crippen molar-refractivity contribution >= 4 is 29.9 Å². The van der Waals surface area contributed by atoms with Gasteiger partial charge >= 0.3 is 0 Å². The van der Waals surface area contributed by atoms with E-state index in [1.807, 2.05) is 24.7 Å². The zero-order valence-corrected chi connectivity index (χ0v) is 19.4. The molecule has 1 N–H and O–H groups in total. The van der Waals surface area contributed by atoms with Crippen LogP contribution in [0.4, 0.5) is 0 Å². The fourth-order valence-corrected chi connectivity index (χ4v) is 3.47. The van der Waals surface area contributed by atoms with Gasteiger partial charge in [0, 0.05) is 32.0 Å². The van der Waals surface area contributed by atoms with Crippen LogP contribution in [-0.4, -0.2) is 53.2 Å². The van der Waals surface area contributed by atoms with Gasteiger partial charge in [0.15, 0.2) is 5.96 Å². The molecule has 0 saturated carbocycles. The Balaban J connectivity index is 0.00000280. The fourth-order valence-electron chi connectivity index (χ4n) is 3.47. The molecule has 1 saturated heterocycles. The summed E-state index contributed by atoms with van der Waals surface area (Å²) in [5.41, 5.74) is 1.24. The van der Waals surface area contributed by atoms with E-state index in [0.717, 1.165) is 37.8 Å². The summed E-state index contributed by atoms with van der Waals surface area (Å²) in [6.07, 6.45) is 6.98. The number of nitrogens with zero attached hydrogens (tertiary/aromatic N) is 4. The molecule has 1 aliphatic rings. The smallest absolute Gasteiger partial charge is 0.194 e. The third-order valence-electron chi connectivity index (χ3n) is 5.10. The molecular weight excluding hydrogens is 465 g/mol. The number of ether oxygens (including phenoxy) is 1. The second-order valence-electron chi connectivity index (χ2n) is 7.19. The van der Waals surface area contributed by atoms with E-state index in [1.165, 1.54) is 5.56 Å². The lowest BCUT2D eigenvalue weighted by atomic mass is 9.93. The molecule has 2 atom stereocenters. The van der Waals surface area contributed by atoms with Crippen LogP contribution in [0.3, 0.4) is 0 Å². The number of hydrogen-bond donors (Lipinski definition) is 1. The lowest BCUT2D eigenvalue weighted by Crippen LogP contribution is -2.49. The molecule has 1 aromatic heterocycles. The van der Waals surface area contributed by atoms with Crippen molar-refractivity contribution in [3.63, 3.8) is 0 Å². The Morgan fingerprint density at radius 1 is 1.32 bits per heavy atom. The molecule has 0 radical (unpaired) electrons. The van der Waals surface area contributed by atoms with Crippen LogP contribution in [0.5, 0.6) is 5.75 Å². The minimum atomic E-state index is 0. The highest BCUT2D eigenvalue weighted by atomic mass is 127. The van der Waals surface area contributed by atoms with Crippen LogP contribution in [0.25, 0.3) is 0 Å². The van der Waals surface area contributed by atoms with E-state index in [4.69, 9.17) is 9.73 Å². The van der Waals surface area contributed by atoms with Gasteiger partial charge < -0.3 is 19.5 Å². The average molecular weight is 497 g/mol. The van der Waals surface area contributed by atoms with Gasteiger partial charge in [0.1, 0.15) is 12.4 Å². The summed E-state index contributed by atoms with van der Waals surface area (Å²) in [7, 11) is 0. The second-order valence-corrected chi connectivity index (χ2v) is 7.19. The molecule has 0 aliphatic carbocycles. The van der Waals surface area contributed by atoms with Crippen LogP contribution in [-0.2, 0) is 0 Å². The number of hydrogen-bond acceptors (Lipinski definition) is 3. The molecule has 28 heavy (non-hydrogen) atoms. The SMILES string of the molecule is CCNC(=NCCOc1ccc(C)cc1)N1CCC(C)C(n2ccnc2)C1.I. The first-order valence-electron chi connectivity index (χ1n) is 9.87. The van der Waals surface area contributed by atoms with E-state index >= 15 is 0 Å². The largest absolute Gasteiger partial charge is 0.492 e. The molecule has 2 aromatic rings. The number of nitrogens with one attached hydrogen (secondary N) is 1. The van der Waals surface area contributed by atoms with Crippen LogP contribution in [0.2, 0.25) is 0 Å². The van der Waals surface area contributed by atoms with Gasteiger partial charge in [0.05, 0.1) is 18.9 Å². The maximum atomic E-state index is 5.81. The summed E-state index contributed by atoms with van der Waals surface area (Å²) < 4.78 is 8.03. The summed E-state index contributed by atoms with van der Waals surface area (Å²) in [4.78, 5) is 11.4. The van der Waals surface area contributed by atoms with Crippen molar-refractivity contribution < 1.29 is 4.74 Å². The van der Waals surface area contributed by atoms with E-state index < -0.39 is 0 Å². The lowest BCUT2D eigenvalue weighted by molar-refractivity contribution is 0.188. The number of likely N-dealkylation sites (tertiary alicyclic amines) is 1. The summed E-state index contributed by atoms with van der Waals surface area (Å²) in [6, 6.07) is 8.56. The number of aryl methyl sites for hydroxylation is 1. The molecule has 3 rings (SSSR count). The molecule has 0 amide bonds. The molecule has 6 nitrogen and oxygen atoms in total. The molecule has 0 spiro atoms. The molecule has 0 bridgehead atoms. The molecule has 2 unspecified atom stereocenters. The van der Waals surface area contributed by atoms with Crippen LogP contribution < -0.4 is 10.1 Å². The van der Waals surface area contributed by atoms with Gasteiger partial charge in [-0.3, -0.25) is 0 Å². The number of imidazole rings is 1. The zero-order valence-electron chi connectivity index (χ0n) is 17.0. The first-order valence-corrected chi connectivity index (χ1v) is 9.87. The van der Waals surface area contributed by atoms with Crippen LogP contribution >= 0.6 is 24.0 Å². The van der Waals surface area contributed by atoms with Crippen LogP contribution in [0, 0.1) is 12.8 Å². The fraction of sp³-hybridized carbons (Fsp3) is 0.524. The Labute approximate surface area is 185 Å². The van der Waals surface area contributed by atoms with Gasteiger partial charge in [0.25, 0.3) is 0 Å². The average Bonchev–Trinajstić information content (AvgIpc) is 3.21. The second kappa shape index (κ2) is 11.3. The first-order chi connectivity index (χ1) is 13.2. The number of piperidine rings is 1. The molecule has 1 aliphatic heterocycles. The zero-order chi connectivity index (χ0) is 19.1. The summed E-state index contributed by atoms with van der Waals surface area (Å²) in [5.74, 6) is 2.50. The molecule has 154 valence electrons. The number of benzene rings is 1. The van der Waals surface area contributed by atoms with Crippen molar-refractivity contribution in [2.24, 2.45) is 10.9 Å². The highest BCUT2D eigenvalue weighted by molar-refractivity contribution is 14.0. The van der Waals surface area contributed by atoms with Gasteiger partial charge in [-0.05, 0) is 38.3 Å². The van der Waals surface area contributed by atoms with Gasteiger partial charge in [-0.1, -0.05) is 24.6 Å². The predicted octanol–water partition coefficient (Wildman–Crippen LogP) is 3.74. The predicted molar refractivity (Wildman–Crippen MR) is 125 cm³/mol. The van der Waals surface area contributed by atoms with E-state index in [2.05, 4.69) is 58.9 Å². The first kappa shape index (κ1) is 22.5. The molecule has 1 aromatic carbocycles. The van der Waals surface area contributed by atoms with Gasteiger partial charge in [-0.15, -0.1) is 24.0 Å². The van der Waals surface area contributed by atoms with Crippen LogP contribution in [0.15, 0.2) is 48.0 Å². The van der Waals surface area contributed by atoms with Crippen molar-refractivity contribution in [2.75, 3.05) is 32.8 Å². The highest BCUT2D eigenvalue weighted by Crippen LogP contribution is 2.27. The highest BCUT2D eigenvalue weighted by Gasteiger charge is 2.28. The number of rotatable bonds is 6. The molecule has 2 heterocycles. The quantitative estimate of drug-likeness (QED) is 0.286. The lowest BCUT2D eigenvalue weighted by Gasteiger charge is -2.39. The summed E-state index contributed by atoms with van der Waals surface area (Å²) in [5, 5.41) is 3.43. The van der Waals surface area contributed by atoms with Crippen LogP contribution in [0.1, 0.15) is 31.9 Å². The Hall–Kier alpha value is -1.77. The molecule has 7 heteroatoms. The minimum absolute atomic E-state index is 0.